The van der Waals surface area contributed by atoms with E-state index in [2.05, 4.69) is 40.4 Å². The number of morpholine rings is 1. The summed E-state index contributed by atoms with van der Waals surface area (Å²) < 4.78 is 11.3. The molecule has 1 saturated carbocycles. The number of hydrogen-bond donors (Lipinski definition) is 0. The van der Waals surface area contributed by atoms with Gasteiger partial charge in [-0.25, -0.2) is 4.79 Å². The van der Waals surface area contributed by atoms with Gasteiger partial charge >= 0.3 is 5.97 Å². The third-order valence-electron chi connectivity index (χ3n) is 6.40. The molecule has 0 amide bonds. The zero-order chi connectivity index (χ0) is 24.1. The Hall–Kier alpha value is -2.96. The minimum Gasteiger partial charge on any atom is -0.454 e. The molecule has 0 unspecified atom stereocenters. The van der Waals surface area contributed by atoms with E-state index < -0.39 is 6.10 Å². The maximum atomic E-state index is 12.7. The maximum absolute atomic E-state index is 12.7. The summed E-state index contributed by atoms with van der Waals surface area (Å²) in [7, 11) is 0. The minimum absolute atomic E-state index is 0.220. The van der Waals surface area contributed by atoms with Gasteiger partial charge in [0.05, 0.1) is 24.5 Å². The van der Waals surface area contributed by atoms with Crippen molar-refractivity contribution in [1.82, 2.24) is 4.90 Å². The van der Waals surface area contributed by atoms with Gasteiger partial charge in [-0.1, -0.05) is 66.5 Å². The summed E-state index contributed by atoms with van der Waals surface area (Å²) in [6.45, 7) is 3.83. The fourth-order valence-corrected chi connectivity index (χ4v) is 4.46. The van der Waals surface area contributed by atoms with E-state index in [0.717, 1.165) is 44.5 Å². The summed E-state index contributed by atoms with van der Waals surface area (Å²) >= 11 is 0. The molecule has 35 heavy (non-hydrogen) atoms. The van der Waals surface area contributed by atoms with Gasteiger partial charge in [0.15, 0.2) is 12.7 Å². The Bertz CT molecular complexity index is 969. The molecule has 2 aromatic rings. The van der Waals surface area contributed by atoms with Crippen LogP contribution in [0.5, 0.6) is 0 Å². The molecule has 0 radical (unpaired) electrons. The largest absolute Gasteiger partial charge is 0.454 e. The molecule has 1 saturated heterocycles. The van der Waals surface area contributed by atoms with Gasteiger partial charge in [-0.15, -0.1) is 0 Å². The molecule has 2 aliphatic rings. The van der Waals surface area contributed by atoms with E-state index in [0.29, 0.717) is 25.3 Å². The van der Waals surface area contributed by atoms with E-state index in [1.54, 1.807) is 12.1 Å². The van der Waals surface area contributed by atoms with Crippen LogP contribution in [0.4, 0.5) is 0 Å². The van der Waals surface area contributed by atoms with Crippen molar-refractivity contribution < 1.29 is 19.1 Å². The second-order valence-electron chi connectivity index (χ2n) is 9.13. The van der Waals surface area contributed by atoms with E-state index in [9.17, 15) is 4.79 Å². The molecule has 0 bridgehead atoms. The summed E-state index contributed by atoms with van der Waals surface area (Å²) in [5.41, 5.74) is 3.96. The Morgan fingerprint density at radius 2 is 1.63 bits per heavy atom. The number of ether oxygens (including phenoxy) is 2. The number of carbonyl (C=O) groups excluding carboxylic acids is 1. The van der Waals surface area contributed by atoms with Crippen molar-refractivity contribution in [3.05, 3.63) is 77.4 Å². The summed E-state index contributed by atoms with van der Waals surface area (Å²) in [5.74, 6) is -0.337. The summed E-state index contributed by atoms with van der Waals surface area (Å²) in [5, 5.41) is 4.59. The van der Waals surface area contributed by atoms with Gasteiger partial charge in [-0.2, -0.15) is 0 Å². The van der Waals surface area contributed by atoms with Crippen LogP contribution in [0.3, 0.4) is 0 Å². The van der Waals surface area contributed by atoms with Crippen LogP contribution >= 0.6 is 0 Å². The molecular formula is C29H36N2O4. The number of hydrogen-bond acceptors (Lipinski definition) is 6. The number of rotatable bonds is 8. The van der Waals surface area contributed by atoms with Crippen molar-refractivity contribution in [1.29, 1.82) is 0 Å². The van der Waals surface area contributed by atoms with Crippen LogP contribution in [0.1, 0.15) is 54.4 Å². The highest BCUT2D eigenvalue weighted by atomic mass is 16.6. The van der Waals surface area contributed by atoms with Crippen LogP contribution in [0, 0.1) is 0 Å². The van der Waals surface area contributed by atoms with Crippen LogP contribution < -0.4 is 0 Å². The molecule has 4 rings (SSSR count). The highest BCUT2D eigenvalue weighted by molar-refractivity contribution is 6.03. The average molecular weight is 477 g/mol. The Morgan fingerprint density at radius 3 is 2.37 bits per heavy atom. The zero-order valence-corrected chi connectivity index (χ0v) is 20.4. The topological polar surface area (TPSA) is 60.4 Å². The smallest absolute Gasteiger partial charge is 0.338 e. The highest BCUT2D eigenvalue weighted by Gasteiger charge is 2.22. The molecular weight excluding hydrogens is 440 g/mol. The van der Waals surface area contributed by atoms with Crippen molar-refractivity contribution in [2.75, 3.05) is 39.5 Å². The number of benzene rings is 2. The van der Waals surface area contributed by atoms with Crippen LogP contribution in [0.25, 0.3) is 6.08 Å². The summed E-state index contributed by atoms with van der Waals surface area (Å²) in [4.78, 5) is 20.9. The van der Waals surface area contributed by atoms with Gasteiger partial charge in [-0.05, 0) is 55.0 Å². The van der Waals surface area contributed by atoms with Crippen molar-refractivity contribution in [3.63, 3.8) is 0 Å². The fourth-order valence-electron chi connectivity index (χ4n) is 4.46. The van der Waals surface area contributed by atoms with Crippen LogP contribution in [-0.2, 0) is 14.3 Å². The van der Waals surface area contributed by atoms with Gasteiger partial charge in [0.25, 0.3) is 0 Å². The molecule has 0 spiro atoms. The number of nitrogens with zero attached hydrogens (tertiary/aromatic N) is 2. The predicted octanol–water partition coefficient (Wildman–Crippen LogP) is 5.35. The van der Waals surface area contributed by atoms with E-state index in [4.69, 9.17) is 14.3 Å². The molecule has 6 heteroatoms. The van der Waals surface area contributed by atoms with E-state index >= 15 is 0 Å². The molecule has 1 heterocycles. The quantitative estimate of drug-likeness (QED) is 0.379. The third-order valence-corrected chi connectivity index (χ3v) is 6.40. The van der Waals surface area contributed by atoms with Gasteiger partial charge < -0.3 is 14.3 Å². The molecule has 2 aromatic carbocycles. The highest BCUT2D eigenvalue weighted by Crippen LogP contribution is 2.23. The van der Waals surface area contributed by atoms with E-state index in [1.165, 1.54) is 24.0 Å². The second-order valence-corrected chi connectivity index (χ2v) is 9.13. The van der Waals surface area contributed by atoms with Crippen molar-refractivity contribution in [2.45, 2.75) is 44.6 Å². The van der Waals surface area contributed by atoms with Crippen molar-refractivity contribution in [2.24, 2.45) is 5.16 Å². The van der Waals surface area contributed by atoms with Gasteiger partial charge in [0.1, 0.15) is 0 Å². The van der Waals surface area contributed by atoms with Crippen LogP contribution in [0.2, 0.25) is 0 Å². The third kappa shape index (κ3) is 8.34. The second kappa shape index (κ2) is 13.8. The van der Waals surface area contributed by atoms with Gasteiger partial charge in [-0.3, -0.25) is 4.90 Å². The lowest BCUT2D eigenvalue weighted by molar-refractivity contribution is -0.0314. The number of oxime groups is 1. The molecule has 2 fully saturated rings. The normalized spacial score (nSPS) is 20.7. The molecule has 0 N–H and O–H groups in total. The Labute approximate surface area is 208 Å². The molecule has 0 aromatic heterocycles. The number of carbonyl (C=O) groups is 1. The molecule has 6 nitrogen and oxygen atoms in total. The number of esters is 1. The molecule has 1 aliphatic carbocycles. The first kappa shape index (κ1) is 25.1. The van der Waals surface area contributed by atoms with Gasteiger partial charge in [0, 0.05) is 19.6 Å². The monoisotopic (exact) mass is 476 g/mol. The molecule has 1 aliphatic heterocycles. The van der Waals surface area contributed by atoms with Gasteiger partial charge in [0.2, 0.25) is 0 Å². The number of allylic oxidation sites excluding steroid dienone is 1. The lowest BCUT2D eigenvalue weighted by Gasteiger charge is -2.29. The van der Waals surface area contributed by atoms with Crippen molar-refractivity contribution in [3.8, 4) is 0 Å². The Kier molecular flexibility index (Phi) is 9.92. The lowest BCUT2D eigenvalue weighted by Crippen LogP contribution is -2.43. The standard InChI is InChI=1S/C29H36N2O4/c32-29(25-13-8-4-9-14-25)35-27(22-31-17-19-33-20-18-31)23-34-30-28-16-10-2-1-7-15-26(28)21-24-11-5-3-6-12-24/h3-6,8-9,11-14,21,27H,1-2,7,10,15-20,22-23H2/b26-21+,30-28+/t27-/m0/s1. The first-order chi connectivity index (χ1) is 17.3. The Morgan fingerprint density at radius 1 is 0.943 bits per heavy atom. The fraction of sp³-hybridized carbons (Fsp3) is 0.448. The van der Waals surface area contributed by atoms with E-state index in [1.807, 2.05) is 24.3 Å². The molecule has 186 valence electrons. The molecule has 1 atom stereocenters. The Balaban J connectivity index is 1.45. The van der Waals surface area contributed by atoms with Crippen LogP contribution in [-0.4, -0.2) is 62.1 Å². The SMILES string of the molecule is O=C(O[C@H](CO/N=C1\CCCCCC\C1=C/c1ccccc1)CN1CCOCC1)c1ccccc1. The van der Waals surface area contributed by atoms with Crippen molar-refractivity contribution >= 4 is 17.8 Å². The first-order valence-corrected chi connectivity index (χ1v) is 12.8. The van der Waals surface area contributed by atoms with E-state index in [-0.39, 0.29) is 12.6 Å². The predicted molar refractivity (Wildman–Crippen MR) is 138 cm³/mol. The minimum atomic E-state index is -0.416. The van der Waals surface area contributed by atoms with Crippen LogP contribution in [0.15, 0.2) is 71.4 Å². The average Bonchev–Trinajstić information content (AvgIpc) is 2.89. The lowest BCUT2D eigenvalue weighted by atomic mass is 9.93. The zero-order valence-electron chi connectivity index (χ0n) is 20.4. The summed E-state index contributed by atoms with van der Waals surface area (Å²) in [6.07, 6.45) is 8.44. The first-order valence-electron chi connectivity index (χ1n) is 12.8. The maximum Gasteiger partial charge on any atom is 0.338 e. The summed E-state index contributed by atoms with van der Waals surface area (Å²) in [6, 6.07) is 19.5.